The van der Waals surface area contributed by atoms with Crippen molar-refractivity contribution in [3.8, 4) is 5.75 Å². The number of fused-ring (bicyclic) bond motifs is 1. The molecule has 0 aliphatic carbocycles. The molecule has 2 atom stereocenters. The van der Waals surface area contributed by atoms with Crippen LogP contribution in [0.15, 0.2) is 108 Å². The van der Waals surface area contributed by atoms with E-state index in [1.165, 1.54) is 35.1 Å². The summed E-state index contributed by atoms with van der Waals surface area (Å²) in [5.74, 6) is -0.195. The smallest absolute Gasteiger partial charge is 0.319 e. The molecule has 0 spiro atoms. The molecule has 1 fully saturated rings. The number of aryl methyl sites for hydroxylation is 2. The van der Waals surface area contributed by atoms with E-state index < -0.39 is 24.0 Å². The van der Waals surface area contributed by atoms with Gasteiger partial charge in [-0.1, -0.05) is 72.8 Å². The van der Waals surface area contributed by atoms with Crippen LogP contribution < -0.4 is 37.5 Å². The molecule has 0 unspecified atom stereocenters. The quantitative estimate of drug-likeness (QED) is 0.0335. The van der Waals surface area contributed by atoms with E-state index in [1.54, 1.807) is 19.2 Å². The van der Waals surface area contributed by atoms with Crippen LogP contribution in [0.4, 0.5) is 10.5 Å². The molecule has 316 valence electrons. The Kier molecular flexibility index (Phi) is 15.6. The number of methoxy groups -OCH3 is 1. The van der Waals surface area contributed by atoms with Crippen molar-refractivity contribution in [2.24, 2.45) is 16.5 Å². The number of rotatable bonds is 20. The number of hydrogen-bond acceptors (Lipinski definition) is 6. The van der Waals surface area contributed by atoms with E-state index in [2.05, 4.69) is 85.2 Å². The van der Waals surface area contributed by atoms with Crippen LogP contribution >= 0.6 is 0 Å². The SMILES string of the molecule is COc1ccc(C[C@H](NC(=O)Nc2ccc3c(CN4CCCC4)cn(Cc4ccccc4C)c3c2)C(=O)N[C@@H](CCCN=C(N)N)C(=O)NCCCc2ccccc2)cc1. The summed E-state index contributed by atoms with van der Waals surface area (Å²) >= 11 is 0. The monoisotopic (exact) mass is 813 g/mol. The van der Waals surface area contributed by atoms with Crippen molar-refractivity contribution >= 4 is 40.4 Å². The summed E-state index contributed by atoms with van der Waals surface area (Å²) in [6.45, 7) is 6.59. The molecule has 0 radical (unpaired) electrons. The first-order valence-electron chi connectivity index (χ1n) is 20.9. The van der Waals surface area contributed by atoms with E-state index in [0.717, 1.165) is 48.9 Å². The summed E-state index contributed by atoms with van der Waals surface area (Å²) in [6.07, 6.45) is 7.10. The topological polar surface area (TPSA) is 181 Å². The van der Waals surface area contributed by atoms with Gasteiger partial charge in [0.1, 0.15) is 17.8 Å². The molecule has 13 nitrogen and oxygen atoms in total. The third-order valence-electron chi connectivity index (χ3n) is 11.0. The van der Waals surface area contributed by atoms with E-state index >= 15 is 0 Å². The van der Waals surface area contributed by atoms with Gasteiger partial charge in [0.05, 0.1) is 12.6 Å². The maximum atomic E-state index is 14.2. The Morgan fingerprint density at radius 2 is 1.55 bits per heavy atom. The number of benzene rings is 4. The van der Waals surface area contributed by atoms with Crippen molar-refractivity contribution < 1.29 is 19.1 Å². The van der Waals surface area contributed by atoms with Crippen LogP contribution in [0.25, 0.3) is 10.9 Å². The van der Waals surface area contributed by atoms with Gasteiger partial charge >= 0.3 is 6.03 Å². The number of hydrogen-bond donors (Lipinski definition) is 6. The molecule has 4 amide bonds. The number of nitrogens with zero attached hydrogens (tertiary/aromatic N) is 3. The van der Waals surface area contributed by atoms with Gasteiger partial charge in [-0.05, 0) is 111 Å². The lowest BCUT2D eigenvalue weighted by molar-refractivity contribution is -0.130. The molecule has 8 N–H and O–H groups in total. The molecule has 0 bridgehead atoms. The molecule has 1 aliphatic heterocycles. The van der Waals surface area contributed by atoms with Gasteiger partial charge in [-0.25, -0.2) is 4.79 Å². The van der Waals surface area contributed by atoms with Crippen LogP contribution in [0.5, 0.6) is 5.75 Å². The largest absolute Gasteiger partial charge is 0.497 e. The number of nitrogens with two attached hydrogens (primary N) is 2. The van der Waals surface area contributed by atoms with Crippen molar-refractivity contribution in [3.05, 3.63) is 131 Å². The lowest BCUT2D eigenvalue weighted by atomic mass is 10.0. The zero-order valence-corrected chi connectivity index (χ0v) is 34.8. The van der Waals surface area contributed by atoms with Crippen LogP contribution in [-0.2, 0) is 35.5 Å². The molecule has 5 aromatic rings. The number of likely N-dealkylation sites (tertiary alicyclic amines) is 1. The summed E-state index contributed by atoms with van der Waals surface area (Å²) < 4.78 is 7.59. The molecule has 1 saturated heterocycles. The second-order valence-corrected chi connectivity index (χ2v) is 15.5. The number of carbonyl (C=O) groups is 3. The molecule has 4 aromatic carbocycles. The van der Waals surface area contributed by atoms with E-state index in [4.69, 9.17) is 16.2 Å². The minimum atomic E-state index is -1.02. The number of nitrogens with one attached hydrogen (secondary N) is 4. The fourth-order valence-electron chi connectivity index (χ4n) is 7.70. The lowest BCUT2D eigenvalue weighted by Gasteiger charge is -2.23. The molecular weight excluding hydrogens is 755 g/mol. The van der Waals surface area contributed by atoms with E-state index in [0.29, 0.717) is 37.5 Å². The van der Waals surface area contributed by atoms with Crippen LogP contribution in [0.1, 0.15) is 59.9 Å². The normalized spacial score (nSPS) is 13.6. The second kappa shape index (κ2) is 21.6. The van der Waals surface area contributed by atoms with E-state index in [1.807, 2.05) is 48.5 Å². The molecule has 2 heterocycles. The molecule has 60 heavy (non-hydrogen) atoms. The highest BCUT2D eigenvalue weighted by Gasteiger charge is 2.27. The number of urea groups is 1. The van der Waals surface area contributed by atoms with Gasteiger partial charge in [0, 0.05) is 49.9 Å². The standard InChI is InChI=1S/C47H59N9O4/c1-33-12-6-7-16-36(33)31-56-32-37(30-55-26-8-9-27-55)40-23-20-38(29-43(40)56)52-47(59)54-42(28-35-18-21-39(60-2)22-19-35)45(58)53-41(17-11-25-51-46(48)49)44(57)50-24-10-15-34-13-4-3-5-14-34/h3-7,12-14,16,18-23,29,32,41-42H,8-11,15,17,24-28,30-31H2,1-2H3,(H,50,57)(H,53,58)(H4,48,49,51)(H2,52,54,59)/t41-,42-/m0/s1. The maximum Gasteiger partial charge on any atom is 0.319 e. The summed E-state index contributed by atoms with van der Waals surface area (Å²) in [7, 11) is 1.59. The van der Waals surface area contributed by atoms with Crippen LogP contribution in [0.3, 0.4) is 0 Å². The summed E-state index contributed by atoms with van der Waals surface area (Å²) in [5, 5.41) is 13.0. The zero-order valence-electron chi connectivity index (χ0n) is 34.8. The third kappa shape index (κ3) is 12.6. The highest BCUT2D eigenvalue weighted by Crippen LogP contribution is 2.28. The number of guanidine groups is 1. The minimum Gasteiger partial charge on any atom is -0.497 e. The highest BCUT2D eigenvalue weighted by atomic mass is 16.5. The number of ether oxygens (including phenoxy) is 1. The lowest BCUT2D eigenvalue weighted by Crippen LogP contribution is -2.55. The first kappa shape index (κ1) is 43.2. The minimum absolute atomic E-state index is 0.0446. The van der Waals surface area contributed by atoms with Gasteiger partial charge in [-0.15, -0.1) is 0 Å². The Morgan fingerprint density at radius 1 is 0.800 bits per heavy atom. The fourth-order valence-corrected chi connectivity index (χ4v) is 7.70. The van der Waals surface area contributed by atoms with Gasteiger partial charge in [0.15, 0.2) is 5.96 Å². The molecule has 1 aromatic heterocycles. The first-order valence-corrected chi connectivity index (χ1v) is 20.9. The number of anilines is 1. The van der Waals surface area contributed by atoms with Gasteiger partial charge in [0.25, 0.3) is 0 Å². The molecule has 13 heteroatoms. The second-order valence-electron chi connectivity index (χ2n) is 15.5. The Labute approximate surface area is 352 Å². The summed E-state index contributed by atoms with van der Waals surface area (Å²) in [5.41, 5.74) is 18.3. The maximum absolute atomic E-state index is 14.2. The highest BCUT2D eigenvalue weighted by molar-refractivity contribution is 5.97. The Bertz CT molecular complexity index is 2210. The van der Waals surface area contributed by atoms with Crippen molar-refractivity contribution in [2.45, 2.75) is 77.0 Å². The third-order valence-corrected chi connectivity index (χ3v) is 11.0. The summed E-state index contributed by atoms with van der Waals surface area (Å²) in [6, 6.07) is 29.2. The number of amides is 4. The van der Waals surface area contributed by atoms with Crippen LogP contribution in [0.2, 0.25) is 0 Å². The average Bonchev–Trinajstić information content (AvgIpc) is 3.89. The Hall–Kier alpha value is -6.34. The molecule has 0 saturated carbocycles. The summed E-state index contributed by atoms with van der Waals surface area (Å²) in [4.78, 5) is 48.1. The van der Waals surface area contributed by atoms with Crippen molar-refractivity contribution in [2.75, 3.05) is 38.6 Å². The molecular formula is C47H59N9O4. The Balaban J connectivity index is 1.19. The van der Waals surface area contributed by atoms with E-state index in [-0.39, 0.29) is 24.7 Å². The van der Waals surface area contributed by atoms with E-state index in [9.17, 15) is 14.4 Å². The van der Waals surface area contributed by atoms with Crippen molar-refractivity contribution in [3.63, 3.8) is 0 Å². The van der Waals surface area contributed by atoms with Crippen LogP contribution in [-0.4, -0.2) is 78.6 Å². The molecule has 1 aliphatic rings. The van der Waals surface area contributed by atoms with Crippen LogP contribution in [0, 0.1) is 6.92 Å². The predicted molar refractivity (Wildman–Crippen MR) is 239 cm³/mol. The molecule has 6 rings (SSSR count). The Morgan fingerprint density at radius 3 is 2.28 bits per heavy atom. The first-order chi connectivity index (χ1) is 29.1. The van der Waals surface area contributed by atoms with Crippen molar-refractivity contribution in [1.29, 1.82) is 0 Å². The fraction of sp³-hybridized carbons (Fsp3) is 0.362. The zero-order chi connectivity index (χ0) is 42.3. The number of carbonyl (C=O) groups excluding carboxylic acids is 3. The van der Waals surface area contributed by atoms with Gasteiger partial charge in [-0.3, -0.25) is 19.5 Å². The van der Waals surface area contributed by atoms with Gasteiger partial charge in [0.2, 0.25) is 11.8 Å². The van der Waals surface area contributed by atoms with Gasteiger partial charge < -0.3 is 42.0 Å². The predicted octanol–water partition coefficient (Wildman–Crippen LogP) is 5.62. The number of aromatic nitrogens is 1. The number of aliphatic imine (C=N–C) groups is 1. The average molecular weight is 814 g/mol. The van der Waals surface area contributed by atoms with Crippen molar-refractivity contribution in [1.82, 2.24) is 25.4 Å². The van der Waals surface area contributed by atoms with Gasteiger partial charge in [-0.2, -0.15) is 0 Å².